The lowest BCUT2D eigenvalue weighted by atomic mass is 9.91. The van der Waals surface area contributed by atoms with Crippen LogP contribution in [-0.2, 0) is 4.79 Å². The van der Waals surface area contributed by atoms with Crippen molar-refractivity contribution >= 4 is 28.3 Å². The van der Waals surface area contributed by atoms with E-state index in [-0.39, 0.29) is 5.92 Å². The molecule has 0 saturated heterocycles. The molecule has 1 atom stereocenters. The minimum absolute atomic E-state index is 0.184. The molecule has 7 heteroatoms. The van der Waals surface area contributed by atoms with Crippen LogP contribution in [0.2, 0.25) is 0 Å². The van der Waals surface area contributed by atoms with Gasteiger partial charge in [-0.05, 0) is 25.3 Å². The lowest BCUT2D eigenvalue weighted by molar-refractivity contribution is -0.109. The van der Waals surface area contributed by atoms with E-state index in [1.807, 2.05) is 6.07 Å². The van der Waals surface area contributed by atoms with Crippen LogP contribution < -0.4 is 5.32 Å². The van der Waals surface area contributed by atoms with Gasteiger partial charge in [0, 0.05) is 41.5 Å². The molecule has 24 heavy (non-hydrogen) atoms. The Kier molecular flexibility index (Phi) is 4.96. The van der Waals surface area contributed by atoms with E-state index >= 15 is 0 Å². The van der Waals surface area contributed by atoms with Crippen molar-refractivity contribution < 1.29 is 4.79 Å². The maximum Gasteiger partial charge on any atom is 0.207 e. The van der Waals surface area contributed by atoms with Gasteiger partial charge in [0.15, 0.2) is 5.65 Å². The third kappa shape index (κ3) is 3.18. The van der Waals surface area contributed by atoms with Crippen molar-refractivity contribution in [2.45, 2.75) is 31.6 Å². The van der Waals surface area contributed by atoms with E-state index in [1.54, 1.807) is 18.7 Å². The molecule has 0 spiro atoms. The molecule has 3 aromatic rings. The van der Waals surface area contributed by atoms with Crippen LogP contribution in [0.15, 0.2) is 24.8 Å². The number of H-pyrrole nitrogens is 1. The van der Waals surface area contributed by atoms with E-state index in [1.165, 1.54) is 0 Å². The molecule has 7 nitrogen and oxygen atoms in total. The molecule has 0 bridgehead atoms. The quantitative estimate of drug-likeness (QED) is 0.489. The summed E-state index contributed by atoms with van der Waals surface area (Å²) in [5.41, 5.74) is 2.57. The van der Waals surface area contributed by atoms with Gasteiger partial charge in [0.2, 0.25) is 6.41 Å². The number of hydrogen-bond donors (Lipinski definition) is 2. The van der Waals surface area contributed by atoms with E-state index in [2.05, 4.69) is 31.3 Å². The Hall–Kier alpha value is -3.01. The first-order valence-corrected chi connectivity index (χ1v) is 7.96. The molecule has 0 saturated carbocycles. The number of rotatable bonds is 8. The largest absolute Gasteiger partial charge is 0.359 e. The normalized spacial score (nSPS) is 12.1. The summed E-state index contributed by atoms with van der Waals surface area (Å²) in [6.07, 6.45) is 8.81. The first-order valence-electron chi connectivity index (χ1n) is 7.96. The molecule has 0 fully saturated rings. The second kappa shape index (κ2) is 7.51. The van der Waals surface area contributed by atoms with Crippen molar-refractivity contribution in [3.8, 4) is 6.07 Å². The molecule has 0 radical (unpaired) electrons. The van der Waals surface area contributed by atoms with Crippen molar-refractivity contribution in [2.75, 3.05) is 6.54 Å². The zero-order valence-electron chi connectivity index (χ0n) is 13.2. The maximum atomic E-state index is 10.4. The summed E-state index contributed by atoms with van der Waals surface area (Å²) in [4.78, 5) is 26.6. The standard InChI is InChI=1S/C17H18N6O/c18-6-1-3-12(4-2-7-19-11-24)16-15-13-5-8-20-17(13)21-9-14(15)22-10-23-16/h5,8-12H,1-4,7H2,(H,19,24)(H,22,23). The van der Waals surface area contributed by atoms with E-state index in [4.69, 9.17) is 5.26 Å². The van der Waals surface area contributed by atoms with Crippen LogP contribution in [0.1, 0.15) is 37.3 Å². The van der Waals surface area contributed by atoms with Crippen molar-refractivity contribution in [1.29, 1.82) is 5.26 Å². The highest BCUT2D eigenvalue weighted by Gasteiger charge is 2.18. The van der Waals surface area contributed by atoms with Crippen LogP contribution in [0.5, 0.6) is 0 Å². The van der Waals surface area contributed by atoms with Gasteiger partial charge < -0.3 is 10.3 Å². The molecule has 1 unspecified atom stereocenters. The van der Waals surface area contributed by atoms with Crippen molar-refractivity contribution in [2.24, 2.45) is 0 Å². The summed E-state index contributed by atoms with van der Waals surface area (Å²) < 4.78 is 0. The van der Waals surface area contributed by atoms with Crippen LogP contribution in [0.4, 0.5) is 0 Å². The van der Waals surface area contributed by atoms with Crippen molar-refractivity contribution in [3.05, 3.63) is 30.5 Å². The molecule has 1 amide bonds. The van der Waals surface area contributed by atoms with E-state index in [0.29, 0.717) is 25.0 Å². The van der Waals surface area contributed by atoms with Crippen LogP contribution in [0.3, 0.4) is 0 Å². The number of hydrogen-bond acceptors (Lipinski definition) is 5. The van der Waals surface area contributed by atoms with Crippen molar-refractivity contribution in [1.82, 2.24) is 25.3 Å². The first-order chi connectivity index (χ1) is 11.8. The third-order valence-corrected chi connectivity index (χ3v) is 4.18. The van der Waals surface area contributed by atoms with Crippen LogP contribution in [-0.4, -0.2) is 32.9 Å². The average Bonchev–Trinajstić information content (AvgIpc) is 3.09. The number of nitrogens with one attached hydrogen (secondary N) is 2. The number of carbonyl (C=O) groups excluding carboxylic acids is 1. The molecular weight excluding hydrogens is 304 g/mol. The van der Waals surface area contributed by atoms with E-state index < -0.39 is 0 Å². The fourth-order valence-electron chi connectivity index (χ4n) is 3.08. The van der Waals surface area contributed by atoms with Gasteiger partial charge in [0.25, 0.3) is 0 Å². The van der Waals surface area contributed by atoms with Gasteiger partial charge in [-0.15, -0.1) is 0 Å². The van der Waals surface area contributed by atoms with Gasteiger partial charge in [-0.3, -0.25) is 4.79 Å². The molecule has 0 aliphatic rings. The summed E-state index contributed by atoms with van der Waals surface area (Å²) in [5.74, 6) is 0.184. The monoisotopic (exact) mass is 322 g/mol. The fraction of sp³-hybridized carbons (Fsp3) is 0.353. The lowest BCUT2D eigenvalue weighted by Crippen LogP contribution is -2.14. The van der Waals surface area contributed by atoms with E-state index in [9.17, 15) is 4.79 Å². The maximum absolute atomic E-state index is 10.4. The number of aromatic amines is 1. The average molecular weight is 322 g/mol. The van der Waals surface area contributed by atoms with Crippen LogP contribution in [0.25, 0.3) is 21.9 Å². The predicted octanol–water partition coefficient (Wildman–Crippen LogP) is 2.42. The summed E-state index contributed by atoms with van der Waals surface area (Å²) in [6.45, 7) is 0.629. The summed E-state index contributed by atoms with van der Waals surface area (Å²) >= 11 is 0. The van der Waals surface area contributed by atoms with Crippen molar-refractivity contribution in [3.63, 3.8) is 0 Å². The molecule has 3 heterocycles. The third-order valence-electron chi connectivity index (χ3n) is 4.18. The highest BCUT2D eigenvalue weighted by molar-refractivity contribution is 6.04. The zero-order valence-corrected chi connectivity index (χ0v) is 13.2. The second-order valence-electron chi connectivity index (χ2n) is 5.62. The minimum Gasteiger partial charge on any atom is -0.359 e. The van der Waals surface area contributed by atoms with Gasteiger partial charge in [0.05, 0.1) is 24.1 Å². The topological polar surface area (TPSA) is 107 Å². The van der Waals surface area contributed by atoms with Gasteiger partial charge in [-0.2, -0.15) is 5.26 Å². The number of nitriles is 1. The summed E-state index contributed by atoms with van der Waals surface area (Å²) in [5, 5.41) is 13.6. The molecule has 3 aromatic heterocycles. The molecule has 3 rings (SSSR count). The Bertz CT molecular complexity index is 882. The summed E-state index contributed by atoms with van der Waals surface area (Å²) in [6, 6.07) is 4.17. The molecule has 2 N–H and O–H groups in total. The number of carbonyl (C=O) groups is 1. The Labute approximate surface area is 139 Å². The van der Waals surface area contributed by atoms with Gasteiger partial charge in [-0.25, -0.2) is 15.0 Å². The SMILES string of the molecule is N#CCCC(CCCNC=O)c1[nH]cnc2cnc3nccc3c12. The lowest BCUT2D eigenvalue weighted by Gasteiger charge is -2.18. The number of nitrogens with zero attached hydrogens (tertiary/aromatic N) is 4. The minimum atomic E-state index is 0.184. The molecule has 0 aliphatic carbocycles. The smallest absolute Gasteiger partial charge is 0.207 e. The number of fused-ring (bicyclic) bond motifs is 3. The fourth-order valence-corrected chi connectivity index (χ4v) is 3.08. The second-order valence-corrected chi connectivity index (χ2v) is 5.62. The van der Waals surface area contributed by atoms with Crippen LogP contribution >= 0.6 is 0 Å². The van der Waals surface area contributed by atoms with Crippen LogP contribution in [0, 0.1) is 11.3 Å². The Morgan fingerprint density at radius 2 is 2.25 bits per heavy atom. The molecular formula is C17H18N6O. The molecule has 0 aromatic carbocycles. The summed E-state index contributed by atoms with van der Waals surface area (Å²) in [7, 11) is 0. The number of amides is 1. The molecule has 0 aliphatic heterocycles. The highest BCUT2D eigenvalue weighted by atomic mass is 16.1. The van der Waals surface area contributed by atoms with Gasteiger partial charge in [-0.1, -0.05) is 0 Å². The van der Waals surface area contributed by atoms with E-state index in [0.717, 1.165) is 41.2 Å². The Balaban J connectivity index is 2.00. The molecule has 122 valence electrons. The van der Waals surface area contributed by atoms with Gasteiger partial charge in [0.1, 0.15) is 0 Å². The highest BCUT2D eigenvalue weighted by Crippen LogP contribution is 2.32. The Morgan fingerprint density at radius 3 is 3.08 bits per heavy atom. The van der Waals surface area contributed by atoms with Gasteiger partial charge >= 0.3 is 0 Å². The first kappa shape index (κ1) is 15.9. The Morgan fingerprint density at radius 1 is 1.33 bits per heavy atom. The number of aromatic nitrogens is 4. The number of pyridine rings is 1. The zero-order chi connectivity index (χ0) is 16.8. The predicted molar refractivity (Wildman–Crippen MR) is 90.1 cm³/mol.